The summed E-state index contributed by atoms with van der Waals surface area (Å²) < 4.78 is 7.08. The van der Waals surface area contributed by atoms with Gasteiger partial charge in [0.25, 0.3) is 5.56 Å². The number of benzene rings is 3. The van der Waals surface area contributed by atoms with E-state index in [4.69, 9.17) is 9.73 Å². The third-order valence-corrected chi connectivity index (χ3v) is 8.24. The summed E-state index contributed by atoms with van der Waals surface area (Å²) in [5.41, 5.74) is 2.99. The fourth-order valence-electron chi connectivity index (χ4n) is 5.45. The van der Waals surface area contributed by atoms with Crippen molar-refractivity contribution < 1.29 is 14.6 Å². The van der Waals surface area contributed by atoms with Crippen molar-refractivity contribution in [1.82, 2.24) is 14.5 Å². The lowest BCUT2D eigenvalue weighted by Gasteiger charge is -2.49. The van der Waals surface area contributed by atoms with Crippen LogP contribution in [0.1, 0.15) is 16.7 Å². The minimum atomic E-state index is -1.22. The Bertz CT molecular complexity index is 1740. The molecule has 1 saturated heterocycles. The van der Waals surface area contributed by atoms with Crippen LogP contribution in [0, 0.1) is 0 Å². The summed E-state index contributed by atoms with van der Waals surface area (Å²) >= 11 is 1.22. The highest BCUT2D eigenvalue weighted by atomic mass is 32.1. The lowest BCUT2D eigenvalue weighted by molar-refractivity contribution is 0.0648. The molecule has 10 heteroatoms. The van der Waals surface area contributed by atoms with E-state index in [0.29, 0.717) is 20.6 Å². The van der Waals surface area contributed by atoms with E-state index >= 15 is 0 Å². The van der Waals surface area contributed by atoms with E-state index in [9.17, 15) is 14.7 Å². The number of amides is 2. The highest BCUT2D eigenvalue weighted by Crippen LogP contribution is 2.53. The van der Waals surface area contributed by atoms with Crippen molar-refractivity contribution in [3.05, 3.63) is 115 Å². The summed E-state index contributed by atoms with van der Waals surface area (Å²) in [7, 11) is 4.93. The van der Waals surface area contributed by atoms with E-state index in [1.165, 1.54) is 29.2 Å². The highest BCUT2D eigenvalue weighted by Gasteiger charge is 2.69. The molecule has 6 rings (SSSR count). The minimum Gasteiger partial charge on any atom is -0.504 e. The normalized spacial score (nSPS) is 22.5. The zero-order valence-corrected chi connectivity index (χ0v) is 21.8. The van der Waals surface area contributed by atoms with Crippen molar-refractivity contribution in [2.24, 2.45) is 4.99 Å². The third-order valence-electron chi connectivity index (χ3n) is 7.27. The fourth-order valence-corrected chi connectivity index (χ4v) is 6.42. The largest absolute Gasteiger partial charge is 0.504 e. The summed E-state index contributed by atoms with van der Waals surface area (Å²) in [4.78, 5) is 36.2. The van der Waals surface area contributed by atoms with E-state index in [2.05, 4.69) is 5.43 Å². The molecule has 4 aromatic rings. The summed E-state index contributed by atoms with van der Waals surface area (Å²) in [6.45, 7) is 0. The Kier molecular flexibility index (Phi) is 5.32. The lowest BCUT2D eigenvalue weighted by Crippen LogP contribution is -2.67. The summed E-state index contributed by atoms with van der Waals surface area (Å²) in [6, 6.07) is 23.9. The monoisotopic (exact) mass is 527 g/mol. The molecule has 1 aromatic heterocycles. The average molecular weight is 528 g/mol. The van der Waals surface area contributed by atoms with Crippen LogP contribution in [0.5, 0.6) is 11.5 Å². The first-order chi connectivity index (χ1) is 18.3. The molecule has 1 fully saturated rings. The molecule has 2 N–H and O–H groups in total. The zero-order valence-electron chi connectivity index (χ0n) is 21.0. The second-order valence-electron chi connectivity index (χ2n) is 9.20. The van der Waals surface area contributed by atoms with Gasteiger partial charge < -0.3 is 9.84 Å². The number of hydrogen-bond acceptors (Lipinski definition) is 7. The first-order valence-electron chi connectivity index (χ1n) is 11.9. The number of rotatable bonds is 4. The number of aromatic nitrogens is 1. The number of hydrogen-bond donors (Lipinski definition) is 2. The topological polar surface area (TPSA) is 99.4 Å². The van der Waals surface area contributed by atoms with Gasteiger partial charge in [0, 0.05) is 25.2 Å². The molecule has 0 bridgehead atoms. The number of methoxy groups -OCH3 is 1. The van der Waals surface area contributed by atoms with Crippen molar-refractivity contribution in [3.63, 3.8) is 0 Å². The molecule has 0 radical (unpaired) electrons. The maximum absolute atomic E-state index is 13.7. The lowest BCUT2D eigenvalue weighted by atomic mass is 9.80. The van der Waals surface area contributed by atoms with Crippen molar-refractivity contribution >= 4 is 23.4 Å². The van der Waals surface area contributed by atoms with Crippen LogP contribution in [0.4, 0.5) is 4.79 Å². The molecule has 2 atom stereocenters. The Morgan fingerprint density at radius 2 is 1.61 bits per heavy atom. The van der Waals surface area contributed by atoms with Crippen LogP contribution in [-0.4, -0.2) is 46.8 Å². The number of aromatic hydroxyl groups is 1. The molecule has 0 aliphatic carbocycles. The molecule has 3 aromatic carbocycles. The predicted molar refractivity (Wildman–Crippen MR) is 144 cm³/mol. The van der Waals surface area contributed by atoms with Crippen molar-refractivity contribution in [2.75, 3.05) is 26.6 Å². The number of ether oxygens (including phenoxy) is 1. The van der Waals surface area contributed by atoms with Crippen molar-refractivity contribution in [3.8, 4) is 11.5 Å². The van der Waals surface area contributed by atoms with Gasteiger partial charge in [-0.3, -0.25) is 20.0 Å². The second kappa shape index (κ2) is 8.49. The molecule has 0 unspecified atom stereocenters. The summed E-state index contributed by atoms with van der Waals surface area (Å²) in [5.74, 6) is 0.326. The van der Waals surface area contributed by atoms with E-state index in [1.54, 1.807) is 42.1 Å². The van der Waals surface area contributed by atoms with E-state index in [1.807, 2.05) is 60.7 Å². The molecule has 9 nitrogen and oxygen atoms in total. The van der Waals surface area contributed by atoms with Crippen LogP contribution in [-0.2, 0) is 11.3 Å². The van der Waals surface area contributed by atoms with Crippen LogP contribution in [0.15, 0.2) is 88.6 Å². The van der Waals surface area contributed by atoms with Crippen LogP contribution < -0.4 is 25.1 Å². The van der Waals surface area contributed by atoms with Gasteiger partial charge in [0.1, 0.15) is 0 Å². The SMILES string of the molecule is COc1cc(/C=c2/sc3n(c2=O)N[C@]2(c4ccccc4)N(C)C(=O)N(C)[C@]2(c2ccccc2)N=3)ccc1O. The number of urea groups is 1. The van der Waals surface area contributed by atoms with Crippen molar-refractivity contribution in [2.45, 2.75) is 11.3 Å². The molecule has 38 heavy (non-hydrogen) atoms. The Hall–Kier alpha value is -4.57. The quantitative estimate of drug-likeness (QED) is 0.425. The molecule has 2 aliphatic heterocycles. The van der Waals surface area contributed by atoms with Gasteiger partial charge in [-0.05, 0) is 23.8 Å². The number of phenolic OH excluding ortho intramolecular Hbond substituents is 1. The summed E-state index contributed by atoms with van der Waals surface area (Å²) in [5, 5.41) is 9.96. The highest BCUT2D eigenvalue weighted by molar-refractivity contribution is 7.07. The van der Waals surface area contributed by atoms with E-state index in [-0.39, 0.29) is 17.3 Å². The molecule has 0 spiro atoms. The molecule has 192 valence electrons. The maximum Gasteiger partial charge on any atom is 0.324 e. The number of carbonyl (C=O) groups is 1. The summed E-state index contributed by atoms with van der Waals surface area (Å²) in [6.07, 6.45) is 1.73. The number of thiazole rings is 1. The van der Waals surface area contributed by atoms with Gasteiger partial charge in [-0.25, -0.2) is 9.79 Å². The Morgan fingerprint density at radius 1 is 0.947 bits per heavy atom. The van der Waals surface area contributed by atoms with Gasteiger partial charge in [0.15, 0.2) is 11.5 Å². The molecule has 2 aliphatic rings. The zero-order chi connectivity index (χ0) is 26.7. The van der Waals surface area contributed by atoms with Gasteiger partial charge in [-0.15, -0.1) is 0 Å². The number of likely N-dealkylation sites (N-methyl/N-ethyl adjacent to an activating group) is 2. The van der Waals surface area contributed by atoms with Crippen LogP contribution in [0.3, 0.4) is 0 Å². The Morgan fingerprint density at radius 3 is 2.26 bits per heavy atom. The van der Waals surface area contributed by atoms with Crippen LogP contribution in [0.25, 0.3) is 6.08 Å². The second-order valence-corrected chi connectivity index (χ2v) is 10.2. The van der Waals surface area contributed by atoms with Gasteiger partial charge in [0.2, 0.25) is 16.1 Å². The van der Waals surface area contributed by atoms with E-state index in [0.717, 1.165) is 11.1 Å². The molecular weight excluding hydrogens is 502 g/mol. The smallest absolute Gasteiger partial charge is 0.324 e. The minimum absolute atomic E-state index is 0.0154. The van der Waals surface area contributed by atoms with Crippen LogP contribution in [0.2, 0.25) is 0 Å². The predicted octanol–water partition coefficient (Wildman–Crippen LogP) is 2.33. The number of nitrogens with zero attached hydrogens (tertiary/aromatic N) is 4. The molecule has 0 saturated carbocycles. The molecule has 2 amide bonds. The Labute approximate surface area is 222 Å². The van der Waals surface area contributed by atoms with Crippen LogP contribution >= 0.6 is 11.3 Å². The standard InChI is InChI=1S/C28H25N5O4S/c1-31-26(36)32(2)28(20-12-8-5-9-13-20)27(31,19-10-6-4-7-11-19)29-25-33(30-28)24(35)23(38-25)17-18-14-15-21(34)22(16-18)37-3/h4-17,30,34H,1-3H3/b23-17+/t27-,28+/m0/s1. The number of fused-ring (bicyclic) bond motifs is 2. The van der Waals surface area contributed by atoms with Gasteiger partial charge in [-0.1, -0.05) is 78.1 Å². The first kappa shape index (κ1) is 23.8. The first-order valence-corrected chi connectivity index (χ1v) is 12.8. The van der Waals surface area contributed by atoms with Gasteiger partial charge >= 0.3 is 6.03 Å². The molecular formula is C28H25N5O4S. The average Bonchev–Trinajstić information content (AvgIpc) is 3.33. The fraction of sp³-hybridized carbons (Fsp3) is 0.179. The molecule has 3 heterocycles. The number of carbonyl (C=O) groups excluding carboxylic acids is 1. The maximum atomic E-state index is 13.7. The number of phenols is 1. The van der Waals surface area contributed by atoms with Gasteiger partial charge in [-0.2, -0.15) is 4.68 Å². The number of nitrogens with one attached hydrogen (secondary N) is 1. The van der Waals surface area contributed by atoms with Crippen molar-refractivity contribution in [1.29, 1.82) is 0 Å². The Balaban J connectivity index is 1.67. The third kappa shape index (κ3) is 3.07. The van der Waals surface area contributed by atoms with E-state index < -0.39 is 11.3 Å². The van der Waals surface area contributed by atoms with Gasteiger partial charge in [0.05, 0.1) is 11.6 Å².